The summed E-state index contributed by atoms with van der Waals surface area (Å²) in [5.41, 5.74) is 8.31. The molecule has 0 radical (unpaired) electrons. The fraction of sp³-hybridized carbons (Fsp3) is 0.278. The Hall–Kier alpha value is -2.50. The number of hydrogen-bond acceptors (Lipinski definition) is 2. The second-order valence-electron chi connectivity index (χ2n) is 5.81. The highest BCUT2D eigenvalue weighted by Crippen LogP contribution is 2.32. The summed E-state index contributed by atoms with van der Waals surface area (Å²) >= 11 is 0. The number of anilines is 1. The zero-order chi connectivity index (χ0) is 18.1. The van der Waals surface area contributed by atoms with Gasteiger partial charge in [0.15, 0.2) is 0 Å². The third-order valence-corrected chi connectivity index (χ3v) is 3.93. The molecule has 0 aliphatic carbocycles. The highest BCUT2D eigenvalue weighted by molar-refractivity contribution is 5.96. The average molecular weight is 336 g/mol. The molecule has 1 amide bonds. The highest BCUT2D eigenvalue weighted by atomic mass is 19.4. The third kappa shape index (κ3) is 3.88. The van der Waals surface area contributed by atoms with E-state index in [0.717, 1.165) is 23.3 Å². The van der Waals surface area contributed by atoms with Crippen LogP contribution in [0.1, 0.15) is 38.2 Å². The van der Waals surface area contributed by atoms with E-state index in [1.807, 2.05) is 19.9 Å². The van der Waals surface area contributed by atoms with Crippen LogP contribution in [0.5, 0.6) is 0 Å². The molecule has 0 aliphatic rings. The third-order valence-electron chi connectivity index (χ3n) is 3.93. The molecule has 0 aliphatic heterocycles. The van der Waals surface area contributed by atoms with E-state index in [4.69, 9.17) is 5.73 Å². The van der Waals surface area contributed by atoms with E-state index >= 15 is 0 Å². The maximum atomic E-state index is 12.9. The number of nitrogen functional groups attached to an aromatic ring is 1. The Morgan fingerprint density at radius 3 is 2.29 bits per heavy atom. The first-order valence-electron chi connectivity index (χ1n) is 7.40. The molecular weight excluding hydrogens is 317 g/mol. The first-order valence-corrected chi connectivity index (χ1v) is 7.40. The second kappa shape index (κ2) is 6.55. The number of halogens is 3. The monoisotopic (exact) mass is 336 g/mol. The lowest BCUT2D eigenvalue weighted by atomic mass is 9.93. The molecule has 0 heterocycles. The maximum absolute atomic E-state index is 12.9. The van der Waals surface area contributed by atoms with E-state index in [-0.39, 0.29) is 18.0 Å². The van der Waals surface area contributed by atoms with Crippen LogP contribution in [0.25, 0.3) is 0 Å². The van der Waals surface area contributed by atoms with Crippen LogP contribution in [0.4, 0.5) is 18.9 Å². The molecule has 0 saturated heterocycles. The molecule has 2 aromatic rings. The van der Waals surface area contributed by atoms with E-state index in [1.54, 1.807) is 6.07 Å². The lowest BCUT2D eigenvalue weighted by Crippen LogP contribution is -2.20. The van der Waals surface area contributed by atoms with Gasteiger partial charge in [-0.2, -0.15) is 13.2 Å². The van der Waals surface area contributed by atoms with Crippen LogP contribution >= 0.6 is 0 Å². The number of nitrogens with one attached hydrogen (secondary N) is 1. The van der Waals surface area contributed by atoms with E-state index in [9.17, 15) is 18.0 Å². The van der Waals surface area contributed by atoms with Gasteiger partial charge in [-0.3, -0.25) is 4.79 Å². The summed E-state index contributed by atoms with van der Waals surface area (Å²) in [6, 6.07) is 7.05. The molecule has 0 spiro atoms. The highest BCUT2D eigenvalue weighted by Gasteiger charge is 2.31. The average Bonchev–Trinajstić information content (AvgIpc) is 2.48. The molecule has 0 atom stereocenters. The number of hydrogen-bond donors (Lipinski definition) is 2. The van der Waals surface area contributed by atoms with Gasteiger partial charge in [0.05, 0.1) is 5.56 Å². The number of nitrogens with two attached hydrogens (primary N) is 1. The largest absolute Gasteiger partial charge is 0.416 e. The summed E-state index contributed by atoms with van der Waals surface area (Å²) in [5, 5.41) is 2.56. The second-order valence-corrected chi connectivity index (χ2v) is 5.81. The van der Waals surface area contributed by atoms with Gasteiger partial charge in [0.2, 0.25) is 0 Å². The number of alkyl halides is 3. The molecule has 128 valence electrons. The van der Waals surface area contributed by atoms with E-state index in [0.29, 0.717) is 16.7 Å². The molecule has 0 saturated carbocycles. The van der Waals surface area contributed by atoms with Crippen LogP contribution in [-0.2, 0) is 12.6 Å². The van der Waals surface area contributed by atoms with Crippen molar-refractivity contribution in [3.63, 3.8) is 0 Å². The minimum absolute atomic E-state index is 0.0464. The molecule has 3 N–H and O–H groups in total. The van der Waals surface area contributed by atoms with Crippen LogP contribution in [-0.4, -0.2) is 13.0 Å². The molecule has 6 heteroatoms. The molecular formula is C18H19F3N2O. The van der Waals surface area contributed by atoms with Gasteiger partial charge >= 0.3 is 6.18 Å². The number of aryl methyl sites for hydroxylation is 2. The fourth-order valence-electron chi connectivity index (χ4n) is 2.57. The normalized spacial score (nSPS) is 11.4. The Morgan fingerprint density at radius 2 is 1.71 bits per heavy atom. The summed E-state index contributed by atoms with van der Waals surface area (Å²) in [6.07, 6.45) is -4.27. The first kappa shape index (κ1) is 17.8. The summed E-state index contributed by atoms with van der Waals surface area (Å²) in [5.74, 6) is -0.270. The first-order chi connectivity index (χ1) is 11.1. The van der Waals surface area contributed by atoms with Crippen LogP contribution in [0, 0.1) is 13.8 Å². The van der Waals surface area contributed by atoms with Crippen LogP contribution in [0.15, 0.2) is 30.3 Å². The summed E-state index contributed by atoms with van der Waals surface area (Å²) < 4.78 is 38.8. The molecule has 0 aromatic heterocycles. The van der Waals surface area contributed by atoms with Crippen molar-refractivity contribution in [2.45, 2.75) is 26.4 Å². The standard InChI is InChI=1S/C18H19F3N2O/c1-10-4-13(16(5-11(10)2)17(24)23-3)6-12-7-14(18(19,20)21)9-15(22)8-12/h4-5,7-9H,6,22H2,1-3H3,(H,23,24). The number of rotatable bonds is 3. The van der Waals surface area contributed by atoms with Crippen molar-refractivity contribution in [3.8, 4) is 0 Å². The van der Waals surface area contributed by atoms with Crippen LogP contribution in [0.3, 0.4) is 0 Å². The van der Waals surface area contributed by atoms with Gasteiger partial charge < -0.3 is 11.1 Å². The molecule has 0 unspecified atom stereocenters. The van der Waals surface area contributed by atoms with Crippen molar-refractivity contribution in [2.24, 2.45) is 0 Å². The lowest BCUT2D eigenvalue weighted by Gasteiger charge is -2.14. The van der Waals surface area contributed by atoms with Crippen molar-refractivity contribution in [1.29, 1.82) is 0 Å². The Kier molecular flexibility index (Phi) is 4.87. The van der Waals surface area contributed by atoms with Crippen molar-refractivity contribution in [3.05, 3.63) is 63.7 Å². The van der Waals surface area contributed by atoms with Gasteiger partial charge in [-0.15, -0.1) is 0 Å². The molecule has 2 aromatic carbocycles. The maximum Gasteiger partial charge on any atom is 0.416 e. The van der Waals surface area contributed by atoms with Gasteiger partial charge in [-0.25, -0.2) is 0 Å². The quantitative estimate of drug-likeness (QED) is 0.837. The van der Waals surface area contributed by atoms with Crippen molar-refractivity contribution < 1.29 is 18.0 Å². The van der Waals surface area contributed by atoms with Crippen LogP contribution in [0.2, 0.25) is 0 Å². The zero-order valence-electron chi connectivity index (χ0n) is 13.7. The Bertz CT molecular complexity index is 783. The van der Waals surface area contributed by atoms with Crippen LogP contribution < -0.4 is 11.1 Å². The number of carbonyl (C=O) groups excluding carboxylic acids is 1. The Balaban J connectivity index is 2.50. The number of amides is 1. The van der Waals surface area contributed by atoms with E-state index < -0.39 is 11.7 Å². The van der Waals surface area contributed by atoms with Gasteiger partial charge in [-0.1, -0.05) is 6.07 Å². The van der Waals surface area contributed by atoms with Gasteiger partial charge in [0.25, 0.3) is 5.91 Å². The Morgan fingerprint density at radius 1 is 1.08 bits per heavy atom. The lowest BCUT2D eigenvalue weighted by molar-refractivity contribution is -0.137. The predicted molar refractivity (Wildman–Crippen MR) is 88.0 cm³/mol. The minimum atomic E-state index is -4.46. The summed E-state index contributed by atoms with van der Waals surface area (Å²) in [4.78, 5) is 12.1. The Labute approximate surface area is 138 Å². The minimum Gasteiger partial charge on any atom is -0.399 e. The van der Waals surface area contributed by atoms with Crippen molar-refractivity contribution in [2.75, 3.05) is 12.8 Å². The summed E-state index contributed by atoms with van der Waals surface area (Å²) in [6.45, 7) is 3.78. The molecule has 0 fully saturated rings. The van der Waals surface area contributed by atoms with Gasteiger partial charge in [0, 0.05) is 18.3 Å². The van der Waals surface area contributed by atoms with Gasteiger partial charge in [-0.05, 0) is 66.8 Å². The summed E-state index contributed by atoms with van der Waals surface area (Å²) in [7, 11) is 1.52. The van der Waals surface area contributed by atoms with Crippen molar-refractivity contribution in [1.82, 2.24) is 5.32 Å². The van der Waals surface area contributed by atoms with Crippen molar-refractivity contribution >= 4 is 11.6 Å². The van der Waals surface area contributed by atoms with E-state index in [2.05, 4.69) is 5.32 Å². The molecule has 3 nitrogen and oxygen atoms in total. The topological polar surface area (TPSA) is 55.1 Å². The number of benzene rings is 2. The van der Waals surface area contributed by atoms with E-state index in [1.165, 1.54) is 13.1 Å². The van der Waals surface area contributed by atoms with Gasteiger partial charge in [0.1, 0.15) is 0 Å². The molecule has 0 bridgehead atoms. The zero-order valence-corrected chi connectivity index (χ0v) is 13.7. The fourth-order valence-corrected chi connectivity index (χ4v) is 2.57. The molecule has 2 rings (SSSR count). The smallest absolute Gasteiger partial charge is 0.399 e. The SMILES string of the molecule is CNC(=O)c1cc(C)c(C)cc1Cc1cc(N)cc(C(F)(F)F)c1. The predicted octanol–water partition coefficient (Wildman–Crippen LogP) is 3.85. The molecule has 24 heavy (non-hydrogen) atoms. The number of carbonyl (C=O) groups is 1.